The van der Waals surface area contributed by atoms with E-state index in [1.807, 2.05) is 6.92 Å². The molecule has 3 rings (SSSR count). The SMILES string of the molecule is Cc1nc(CN2CCCN(C(=O)C3CCOCC3)CC2)cs1. The van der Waals surface area contributed by atoms with Crippen molar-refractivity contribution in [1.82, 2.24) is 14.8 Å². The van der Waals surface area contributed by atoms with Crippen LogP contribution in [0.4, 0.5) is 0 Å². The van der Waals surface area contributed by atoms with Gasteiger partial charge in [0.1, 0.15) is 0 Å². The topological polar surface area (TPSA) is 45.7 Å². The van der Waals surface area contributed by atoms with E-state index in [1.165, 1.54) is 0 Å². The summed E-state index contributed by atoms with van der Waals surface area (Å²) in [7, 11) is 0. The lowest BCUT2D eigenvalue weighted by atomic mass is 9.98. The normalized spacial score (nSPS) is 21.8. The molecule has 2 saturated heterocycles. The Bertz CT molecular complexity index is 499. The van der Waals surface area contributed by atoms with Gasteiger partial charge in [-0.25, -0.2) is 4.98 Å². The summed E-state index contributed by atoms with van der Waals surface area (Å²) in [4.78, 5) is 21.7. The lowest BCUT2D eigenvalue weighted by molar-refractivity contribution is -0.138. The van der Waals surface area contributed by atoms with E-state index in [0.29, 0.717) is 5.91 Å². The summed E-state index contributed by atoms with van der Waals surface area (Å²) in [6, 6.07) is 0. The highest BCUT2D eigenvalue weighted by Gasteiger charge is 2.27. The van der Waals surface area contributed by atoms with Gasteiger partial charge in [-0.15, -0.1) is 11.3 Å². The van der Waals surface area contributed by atoms with Gasteiger partial charge in [-0.05, 0) is 26.2 Å². The molecule has 0 N–H and O–H groups in total. The maximum atomic E-state index is 12.6. The van der Waals surface area contributed by atoms with Gasteiger partial charge in [-0.2, -0.15) is 0 Å². The second-order valence-electron chi connectivity index (χ2n) is 6.20. The summed E-state index contributed by atoms with van der Waals surface area (Å²) < 4.78 is 5.36. The average Bonchev–Trinajstić information content (AvgIpc) is 2.81. The molecule has 0 aliphatic carbocycles. The van der Waals surface area contributed by atoms with Crippen molar-refractivity contribution in [3.05, 3.63) is 16.1 Å². The molecule has 0 saturated carbocycles. The number of thiazole rings is 1. The highest BCUT2D eigenvalue weighted by molar-refractivity contribution is 7.09. The van der Waals surface area contributed by atoms with Crippen LogP contribution in [-0.2, 0) is 16.1 Å². The van der Waals surface area contributed by atoms with E-state index < -0.39 is 0 Å². The molecule has 22 heavy (non-hydrogen) atoms. The summed E-state index contributed by atoms with van der Waals surface area (Å²) in [6.07, 6.45) is 2.83. The van der Waals surface area contributed by atoms with Crippen molar-refractivity contribution in [3.8, 4) is 0 Å². The molecule has 0 aromatic carbocycles. The van der Waals surface area contributed by atoms with Crippen molar-refractivity contribution in [2.45, 2.75) is 32.7 Å². The van der Waals surface area contributed by atoms with Crippen molar-refractivity contribution in [2.24, 2.45) is 5.92 Å². The smallest absolute Gasteiger partial charge is 0.225 e. The van der Waals surface area contributed by atoms with Gasteiger partial charge in [0, 0.05) is 57.2 Å². The molecule has 0 unspecified atom stereocenters. The van der Waals surface area contributed by atoms with Gasteiger partial charge < -0.3 is 9.64 Å². The molecule has 0 bridgehead atoms. The number of rotatable bonds is 3. The quantitative estimate of drug-likeness (QED) is 0.852. The van der Waals surface area contributed by atoms with E-state index in [9.17, 15) is 4.79 Å². The highest BCUT2D eigenvalue weighted by atomic mass is 32.1. The lowest BCUT2D eigenvalue weighted by Gasteiger charge is -2.28. The maximum absolute atomic E-state index is 12.6. The van der Waals surface area contributed by atoms with Crippen LogP contribution in [0.25, 0.3) is 0 Å². The largest absolute Gasteiger partial charge is 0.381 e. The third-order valence-electron chi connectivity index (χ3n) is 4.52. The molecule has 3 heterocycles. The first-order valence-electron chi connectivity index (χ1n) is 8.22. The number of aryl methyl sites for hydroxylation is 1. The molecule has 0 spiro atoms. The number of carbonyl (C=O) groups is 1. The van der Waals surface area contributed by atoms with Gasteiger partial charge in [0.05, 0.1) is 10.7 Å². The first-order chi connectivity index (χ1) is 10.7. The Labute approximate surface area is 136 Å². The minimum Gasteiger partial charge on any atom is -0.381 e. The Morgan fingerprint density at radius 3 is 2.86 bits per heavy atom. The van der Waals surface area contributed by atoms with E-state index in [-0.39, 0.29) is 5.92 Å². The first kappa shape index (κ1) is 15.9. The third-order valence-corrected chi connectivity index (χ3v) is 5.35. The molecule has 1 aromatic rings. The predicted octanol–water partition coefficient (Wildman–Crippen LogP) is 1.91. The lowest BCUT2D eigenvalue weighted by Crippen LogP contribution is -2.40. The number of hydrogen-bond donors (Lipinski definition) is 0. The van der Waals surface area contributed by atoms with Crippen LogP contribution in [0.15, 0.2) is 5.38 Å². The minimum atomic E-state index is 0.182. The van der Waals surface area contributed by atoms with Crippen LogP contribution >= 0.6 is 11.3 Å². The molecular formula is C16H25N3O2S. The Morgan fingerprint density at radius 2 is 2.14 bits per heavy atom. The molecule has 2 aliphatic heterocycles. The highest BCUT2D eigenvalue weighted by Crippen LogP contribution is 2.19. The molecule has 6 heteroatoms. The first-order valence-corrected chi connectivity index (χ1v) is 9.10. The van der Waals surface area contributed by atoms with Crippen LogP contribution < -0.4 is 0 Å². The summed E-state index contributed by atoms with van der Waals surface area (Å²) >= 11 is 1.71. The maximum Gasteiger partial charge on any atom is 0.225 e. The second kappa shape index (κ2) is 7.53. The van der Waals surface area contributed by atoms with Crippen molar-refractivity contribution < 1.29 is 9.53 Å². The van der Waals surface area contributed by atoms with Gasteiger partial charge >= 0.3 is 0 Å². The molecule has 5 nitrogen and oxygen atoms in total. The van der Waals surface area contributed by atoms with Gasteiger partial charge in [0.25, 0.3) is 0 Å². The van der Waals surface area contributed by atoms with E-state index in [4.69, 9.17) is 4.74 Å². The fourth-order valence-electron chi connectivity index (χ4n) is 3.26. The van der Waals surface area contributed by atoms with Gasteiger partial charge in [0.15, 0.2) is 0 Å². The minimum absolute atomic E-state index is 0.182. The molecule has 2 aliphatic rings. The Hall–Kier alpha value is -0.980. The van der Waals surface area contributed by atoms with Crippen LogP contribution in [0.3, 0.4) is 0 Å². The van der Waals surface area contributed by atoms with Gasteiger partial charge in [-0.1, -0.05) is 0 Å². The van der Waals surface area contributed by atoms with Crippen LogP contribution in [0.5, 0.6) is 0 Å². The van der Waals surface area contributed by atoms with Crippen LogP contribution in [-0.4, -0.2) is 60.1 Å². The second-order valence-corrected chi connectivity index (χ2v) is 7.26. The number of hydrogen-bond acceptors (Lipinski definition) is 5. The van der Waals surface area contributed by atoms with Crippen molar-refractivity contribution in [1.29, 1.82) is 0 Å². The van der Waals surface area contributed by atoms with Crippen LogP contribution in [0.1, 0.15) is 30.0 Å². The molecule has 1 aromatic heterocycles. The van der Waals surface area contributed by atoms with Gasteiger partial charge in [-0.3, -0.25) is 9.69 Å². The number of carbonyl (C=O) groups excluding carboxylic acids is 1. The zero-order valence-corrected chi connectivity index (χ0v) is 14.1. The molecule has 0 atom stereocenters. The molecule has 2 fully saturated rings. The van der Waals surface area contributed by atoms with Crippen LogP contribution in [0.2, 0.25) is 0 Å². The Morgan fingerprint density at radius 1 is 1.32 bits per heavy atom. The van der Waals surface area contributed by atoms with E-state index in [0.717, 1.165) is 75.9 Å². The van der Waals surface area contributed by atoms with Crippen LogP contribution in [0, 0.1) is 12.8 Å². The fraction of sp³-hybridized carbons (Fsp3) is 0.750. The zero-order chi connectivity index (χ0) is 15.4. The Kier molecular flexibility index (Phi) is 5.44. The monoisotopic (exact) mass is 323 g/mol. The fourth-order valence-corrected chi connectivity index (χ4v) is 3.87. The summed E-state index contributed by atoms with van der Waals surface area (Å²) in [5, 5.41) is 3.27. The number of ether oxygens (including phenoxy) is 1. The van der Waals surface area contributed by atoms with E-state index in [1.54, 1.807) is 11.3 Å². The number of aromatic nitrogens is 1. The summed E-state index contributed by atoms with van der Waals surface area (Å²) in [5.41, 5.74) is 1.16. The van der Waals surface area contributed by atoms with Crippen molar-refractivity contribution in [2.75, 3.05) is 39.4 Å². The summed E-state index contributed by atoms with van der Waals surface area (Å²) in [6.45, 7) is 8.16. The van der Waals surface area contributed by atoms with Crippen molar-refractivity contribution >= 4 is 17.2 Å². The standard InChI is InChI=1S/C16H25N3O2S/c1-13-17-15(12-22-13)11-18-5-2-6-19(8-7-18)16(20)14-3-9-21-10-4-14/h12,14H,2-11H2,1H3. The molecule has 0 radical (unpaired) electrons. The molecule has 1 amide bonds. The molecule has 122 valence electrons. The average molecular weight is 323 g/mol. The molecular weight excluding hydrogens is 298 g/mol. The van der Waals surface area contributed by atoms with E-state index >= 15 is 0 Å². The zero-order valence-electron chi connectivity index (χ0n) is 13.3. The summed E-state index contributed by atoms with van der Waals surface area (Å²) in [5.74, 6) is 0.524. The number of nitrogens with zero attached hydrogens (tertiary/aromatic N) is 3. The number of amides is 1. The van der Waals surface area contributed by atoms with Crippen molar-refractivity contribution in [3.63, 3.8) is 0 Å². The van der Waals surface area contributed by atoms with E-state index in [2.05, 4.69) is 20.2 Å². The van der Waals surface area contributed by atoms with Gasteiger partial charge in [0.2, 0.25) is 5.91 Å². The Balaban J connectivity index is 1.51. The predicted molar refractivity (Wildman–Crippen MR) is 86.9 cm³/mol. The third kappa shape index (κ3) is 4.06.